The number of rotatable bonds is 11. The zero-order valence-corrected chi connectivity index (χ0v) is 30.1. The van der Waals surface area contributed by atoms with Crippen molar-refractivity contribution in [3.63, 3.8) is 0 Å². The summed E-state index contributed by atoms with van der Waals surface area (Å²) in [5, 5.41) is 2.55. The van der Waals surface area contributed by atoms with Crippen molar-refractivity contribution in [1.29, 1.82) is 0 Å². The predicted molar refractivity (Wildman–Crippen MR) is 188 cm³/mol. The molecule has 3 aromatic heterocycles. The maximum absolute atomic E-state index is 14.4. The number of alkyl halides is 3. The van der Waals surface area contributed by atoms with E-state index < -0.39 is 36.0 Å². The minimum Gasteiger partial charge on any atom is -0.453 e. The second-order valence-electron chi connectivity index (χ2n) is 14.3. The van der Waals surface area contributed by atoms with E-state index in [0.717, 1.165) is 49.4 Å². The first kappa shape index (κ1) is 37.0. The van der Waals surface area contributed by atoms with Gasteiger partial charge in [-0.05, 0) is 57.0 Å². The normalized spacial score (nSPS) is 18.8. The summed E-state index contributed by atoms with van der Waals surface area (Å²) >= 11 is 0. The SMILES string of the molecule is COC(=O)N[C@H](C(=O)N1CCC[C@H]1c1nc(-c2ccc(-c3ncc(-c4cnc([C@@H]5CCCN5CCC(C)C)[nH]4)cn3)cc2)c(C(F)(F)F)[nH]1)C(C)C. The molecule has 5 heterocycles. The van der Waals surface area contributed by atoms with Gasteiger partial charge in [0.25, 0.3) is 0 Å². The molecule has 15 heteroatoms. The molecule has 0 aliphatic carbocycles. The van der Waals surface area contributed by atoms with Crippen LogP contribution >= 0.6 is 0 Å². The first-order valence-corrected chi connectivity index (χ1v) is 17.9. The highest BCUT2D eigenvalue weighted by Crippen LogP contribution is 2.40. The van der Waals surface area contributed by atoms with E-state index in [-0.39, 0.29) is 29.0 Å². The Bertz CT molecular complexity index is 1840. The highest BCUT2D eigenvalue weighted by Gasteiger charge is 2.42. The molecule has 2 aliphatic rings. The van der Waals surface area contributed by atoms with Crippen LogP contribution < -0.4 is 5.32 Å². The summed E-state index contributed by atoms with van der Waals surface area (Å²) in [5.74, 6) is 1.36. The number of carbonyl (C=O) groups is 2. The first-order valence-electron chi connectivity index (χ1n) is 17.9. The lowest BCUT2D eigenvalue weighted by Gasteiger charge is -2.30. The Morgan fingerprint density at radius 3 is 2.23 bits per heavy atom. The summed E-state index contributed by atoms with van der Waals surface area (Å²) in [5.41, 5.74) is 1.22. The smallest absolute Gasteiger partial charge is 0.433 e. The van der Waals surface area contributed by atoms with Gasteiger partial charge >= 0.3 is 12.3 Å². The van der Waals surface area contributed by atoms with Gasteiger partial charge in [-0.3, -0.25) is 9.69 Å². The van der Waals surface area contributed by atoms with Gasteiger partial charge in [0.05, 0.1) is 31.1 Å². The van der Waals surface area contributed by atoms with Crippen molar-refractivity contribution in [3.05, 3.63) is 60.2 Å². The van der Waals surface area contributed by atoms with Crippen LogP contribution in [0.1, 0.15) is 89.2 Å². The number of H-pyrrole nitrogens is 2. The van der Waals surface area contributed by atoms with Gasteiger partial charge in [0.15, 0.2) is 5.82 Å². The lowest BCUT2D eigenvalue weighted by atomic mass is 10.0. The Balaban J connectivity index is 1.19. The lowest BCUT2D eigenvalue weighted by Crippen LogP contribution is -2.51. The summed E-state index contributed by atoms with van der Waals surface area (Å²) in [6.07, 6.45) is 4.08. The van der Waals surface area contributed by atoms with E-state index in [4.69, 9.17) is 0 Å². The van der Waals surface area contributed by atoms with Crippen molar-refractivity contribution in [3.8, 4) is 33.9 Å². The molecule has 0 bridgehead atoms. The Hall–Kier alpha value is -4.79. The molecule has 2 saturated heterocycles. The predicted octanol–water partition coefficient (Wildman–Crippen LogP) is 7.17. The fourth-order valence-electron chi connectivity index (χ4n) is 7.03. The number of halogens is 3. The van der Waals surface area contributed by atoms with Gasteiger partial charge in [-0.2, -0.15) is 13.2 Å². The number of aromatic nitrogens is 6. The standard InChI is InChI=1S/C37H46F3N9O3/c1-21(2)14-17-48-15-6-8-27(48)33-43-20-26(44-33)25-18-41-32(42-19-25)24-12-10-23(11-13-24)30-31(37(38,39)40)47-34(45-30)28-9-7-16-49(28)35(50)29(22(3)4)46-36(51)52-5/h10-13,18-22,27-29H,6-9,14-17H2,1-5H3,(H,43,44)(H,45,47)(H,46,51)/t27-,28-,29-/m0/s1. The summed E-state index contributed by atoms with van der Waals surface area (Å²) in [6.45, 7) is 10.5. The number of methoxy groups -OCH3 is 1. The van der Waals surface area contributed by atoms with Crippen molar-refractivity contribution in [1.82, 2.24) is 45.0 Å². The van der Waals surface area contributed by atoms with E-state index >= 15 is 0 Å². The Morgan fingerprint density at radius 2 is 1.58 bits per heavy atom. The molecule has 3 N–H and O–H groups in total. The van der Waals surface area contributed by atoms with Gasteiger partial charge in [-0.15, -0.1) is 0 Å². The molecule has 2 aliphatic heterocycles. The van der Waals surface area contributed by atoms with Gasteiger partial charge < -0.3 is 24.9 Å². The average Bonchev–Trinajstić information content (AvgIpc) is 3.95. The fourth-order valence-corrected chi connectivity index (χ4v) is 7.03. The topological polar surface area (TPSA) is 145 Å². The van der Waals surface area contributed by atoms with E-state index in [1.54, 1.807) is 56.7 Å². The van der Waals surface area contributed by atoms with Crippen molar-refractivity contribution in [2.45, 2.75) is 84.1 Å². The number of hydrogen-bond acceptors (Lipinski definition) is 8. The van der Waals surface area contributed by atoms with Crippen LogP contribution in [0, 0.1) is 11.8 Å². The number of nitrogens with one attached hydrogen (secondary N) is 3. The Labute approximate surface area is 301 Å². The third-order valence-electron chi connectivity index (χ3n) is 9.90. The number of hydrogen-bond donors (Lipinski definition) is 3. The van der Waals surface area contributed by atoms with E-state index in [0.29, 0.717) is 36.7 Å². The van der Waals surface area contributed by atoms with Gasteiger partial charge in [0, 0.05) is 35.6 Å². The van der Waals surface area contributed by atoms with Gasteiger partial charge in [-0.1, -0.05) is 52.0 Å². The molecule has 0 saturated carbocycles. The molecule has 3 atom stereocenters. The largest absolute Gasteiger partial charge is 0.453 e. The fraction of sp³-hybridized carbons (Fsp3) is 0.514. The van der Waals surface area contributed by atoms with Crippen LogP contribution in [0.15, 0.2) is 42.9 Å². The maximum Gasteiger partial charge on any atom is 0.433 e. The minimum absolute atomic E-state index is 0.0370. The second-order valence-corrected chi connectivity index (χ2v) is 14.3. The van der Waals surface area contributed by atoms with Crippen LogP contribution in [0.4, 0.5) is 18.0 Å². The van der Waals surface area contributed by atoms with Crippen LogP contribution in [-0.2, 0) is 15.7 Å². The number of nitrogens with zero attached hydrogens (tertiary/aromatic N) is 6. The molecule has 0 spiro atoms. The highest BCUT2D eigenvalue weighted by molar-refractivity contribution is 5.86. The lowest BCUT2D eigenvalue weighted by molar-refractivity contribution is -0.140. The average molecular weight is 722 g/mol. The summed E-state index contributed by atoms with van der Waals surface area (Å²) in [7, 11) is 1.20. The van der Waals surface area contributed by atoms with Crippen molar-refractivity contribution >= 4 is 12.0 Å². The summed E-state index contributed by atoms with van der Waals surface area (Å²) < 4.78 is 47.7. The quantitative estimate of drug-likeness (QED) is 0.148. The molecule has 4 aromatic rings. The third kappa shape index (κ3) is 7.98. The molecule has 1 aromatic carbocycles. The number of alkyl carbamates (subject to hydrolysis) is 1. The van der Waals surface area contributed by atoms with Gasteiger partial charge in [0.2, 0.25) is 5.91 Å². The van der Waals surface area contributed by atoms with Crippen molar-refractivity contribution in [2.24, 2.45) is 11.8 Å². The molecule has 52 heavy (non-hydrogen) atoms. The van der Waals surface area contributed by atoms with Crippen LogP contribution in [0.2, 0.25) is 0 Å². The second kappa shape index (κ2) is 15.4. The van der Waals surface area contributed by atoms with Crippen LogP contribution in [0.25, 0.3) is 33.9 Å². The molecule has 6 rings (SSSR count). The van der Waals surface area contributed by atoms with E-state index in [1.165, 1.54) is 12.0 Å². The van der Waals surface area contributed by atoms with Gasteiger partial charge in [-0.25, -0.2) is 24.7 Å². The van der Waals surface area contributed by atoms with E-state index in [2.05, 4.69) is 58.7 Å². The Kier molecular flexibility index (Phi) is 11.0. The number of ether oxygens (including phenoxy) is 1. The first-order chi connectivity index (χ1) is 24.8. The molecule has 12 nitrogen and oxygen atoms in total. The van der Waals surface area contributed by atoms with Crippen molar-refractivity contribution in [2.75, 3.05) is 26.7 Å². The highest BCUT2D eigenvalue weighted by atomic mass is 19.4. The number of aromatic amines is 2. The summed E-state index contributed by atoms with van der Waals surface area (Å²) in [4.78, 5) is 53.6. The van der Waals surface area contributed by atoms with Crippen LogP contribution in [0.5, 0.6) is 0 Å². The zero-order valence-electron chi connectivity index (χ0n) is 30.1. The minimum atomic E-state index is -4.73. The number of amides is 2. The third-order valence-corrected chi connectivity index (χ3v) is 9.90. The van der Waals surface area contributed by atoms with E-state index in [9.17, 15) is 22.8 Å². The number of imidazole rings is 2. The van der Waals surface area contributed by atoms with E-state index in [1.807, 2.05) is 0 Å². The maximum atomic E-state index is 14.4. The Morgan fingerprint density at radius 1 is 0.904 bits per heavy atom. The van der Waals surface area contributed by atoms with Gasteiger partial charge in [0.1, 0.15) is 29.1 Å². The molecule has 0 unspecified atom stereocenters. The zero-order chi connectivity index (χ0) is 37.2. The van der Waals surface area contributed by atoms with Crippen molar-refractivity contribution < 1.29 is 27.5 Å². The molecule has 278 valence electrons. The number of carbonyl (C=O) groups excluding carboxylic acids is 2. The molecule has 2 fully saturated rings. The number of likely N-dealkylation sites (tertiary alicyclic amines) is 2. The molecule has 0 radical (unpaired) electrons. The monoisotopic (exact) mass is 721 g/mol. The van der Waals surface area contributed by atoms with Crippen LogP contribution in [0.3, 0.4) is 0 Å². The van der Waals surface area contributed by atoms with Crippen LogP contribution in [-0.4, -0.2) is 84.5 Å². The number of benzene rings is 1. The summed E-state index contributed by atoms with van der Waals surface area (Å²) in [6, 6.07) is 5.08. The molecular weight excluding hydrogens is 675 g/mol. The molecular formula is C37H46F3N9O3. The molecule has 2 amide bonds.